The minimum atomic E-state index is -0.0761. The molecule has 124 valence electrons. The van der Waals surface area contributed by atoms with Crippen LogP contribution in [-0.2, 0) is 9.53 Å². The first-order valence-electron chi connectivity index (χ1n) is 8.60. The van der Waals surface area contributed by atoms with Gasteiger partial charge in [0.1, 0.15) is 5.75 Å². The van der Waals surface area contributed by atoms with Crippen molar-refractivity contribution in [3.8, 4) is 5.75 Å². The maximum atomic E-state index is 12.8. The van der Waals surface area contributed by atoms with E-state index in [0.29, 0.717) is 18.1 Å². The summed E-state index contributed by atoms with van der Waals surface area (Å²) in [5, 5.41) is 3.59. The van der Waals surface area contributed by atoms with Crippen LogP contribution in [0.15, 0.2) is 24.3 Å². The number of hydrogen-bond acceptors (Lipinski definition) is 4. The highest BCUT2D eigenvalue weighted by atomic mass is 16.5. The first-order valence-corrected chi connectivity index (χ1v) is 8.60. The molecule has 0 aromatic heterocycles. The molecule has 1 amide bonds. The standard InChI is InChI=1S/C18H24N2O3/c1-22-16-7-3-2-6-15(16)20-9-8-13(18(20)21)19-14-11-17-12(14)5-4-10-23-17/h2-3,6-7,12-14,17,19H,4-5,8-11H2,1H3/t12-,13?,14?,17+/m1/s1. The molecule has 4 atom stereocenters. The fraction of sp³-hybridized carbons (Fsp3) is 0.611. The van der Waals surface area contributed by atoms with E-state index in [4.69, 9.17) is 9.47 Å². The van der Waals surface area contributed by atoms with Gasteiger partial charge in [0.15, 0.2) is 0 Å². The van der Waals surface area contributed by atoms with E-state index in [2.05, 4.69) is 5.32 Å². The topological polar surface area (TPSA) is 50.8 Å². The zero-order chi connectivity index (χ0) is 15.8. The molecule has 2 saturated heterocycles. The molecule has 2 aliphatic heterocycles. The lowest BCUT2D eigenvalue weighted by Gasteiger charge is -2.48. The first-order chi connectivity index (χ1) is 11.3. The Kier molecular flexibility index (Phi) is 3.99. The number of nitrogens with zero attached hydrogens (tertiary/aromatic N) is 1. The number of amides is 1. The van der Waals surface area contributed by atoms with E-state index in [1.807, 2.05) is 29.2 Å². The van der Waals surface area contributed by atoms with Crippen LogP contribution in [0.4, 0.5) is 5.69 Å². The molecule has 5 heteroatoms. The summed E-state index contributed by atoms with van der Waals surface area (Å²) in [5.74, 6) is 1.51. The average Bonchev–Trinajstić information content (AvgIpc) is 2.93. The fourth-order valence-electron chi connectivity index (χ4n) is 4.17. The molecule has 1 aromatic rings. The highest BCUT2D eigenvalue weighted by molar-refractivity contribution is 6.00. The van der Waals surface area contributed by atoms with Gasteiger partial charge in [-0.1, -0.05) is 12.1 Å². The van der Waals surface area contributed by atoms with Crippen LogP contribution in [0.3, 0.4) is 0 Å². The first kappa shape index (κ1) is 15.0. The summed E-state index contributed by atoms with van der Waals surface area (Å²) < 4.78 is 11.2. The predicted molar refractivity (Wildman–Crippen MR) is 87.8 cm³/mol. The van der Waals surface area contributed by atoms with Gasteiger partial charge in [0.25, 0.3) is 0 Å². The highest BCUT2D eigenvalue weighted by Gasteiger charge is 2.46. The van der Waals surface area contributed by atoms with Gasteiger partial charge >= 0.3 is 0 Å². The molecule has 3 aliphatic rings. The van der Waals surface area contributed by atoms with Gasteiger partial charge in [0.05, 0.1) is 24.9 Å². The lowest BCUT2D eigenvalue weighted by atomic mass is 9.72. The van der Waals surface area contributed by atoms with Crippen LogP contribution < -0.4 is 15.0 Å². The van der Waals surface area contributed by atoms with Crippen molar-refractivity contribution in [3.63, 3.8) is 0 Å². The van der Waals surface area contributed by atoms with Crippen molar-refractivity contribution in [1.82, 2.24) is 5.32 Å². The SMILES string of the molecule is COc1ccccc1N1CCC(NC2C[C@@H]3OCCC[C@H]23)C1=O. The molecule has 0 bridgehead atoms. The van der Waals surface area contributed by atoms with Crippen molar-refractivity contribution in [2.24, 2.45) is 5.92 Å². The number of anilines is 1. The Morgan fingerprint density at radius 3 is 3.00 bits per heavy atom. The molecule has 1 N–H and O–H groups in total. The van der Waals surface area contributed by atoms with E-state index in [0.717, 1.165) is 43.9 Å². The minimum Gasteiger partial charge on any atom is -0.495 e. The second-order valence-corrected chi connectivity index (χ2v) is 6.73. The molecular formula is C18H24N2O3. The summed E-state index contributed by atoms with van der Waals surface area (Å²) in [6.45, 7) is 1.64. The van der Waals surface area contributed by atoms with E-state index in [9.17, 15) is 4.79 Å². The summed E-state index contributed by atoms with van der Waals surface area (Å²) in [5.41, 5.74) is 0.872. The molecule has 23 heavy (non-hydrogen) atoms. The number of carbonyl (C=O) groups is 1. The molecule has 4 rings (SSSR count). The molecule has 1 aromatic carbocycles. The second-order valence-electron chi connectivity index (χ2n) is 6.73. The Labute approximate surface area is 136 Å². The Morgan fingerprint density at radius 2 is 2.17 bits per heavy atom. The molecule has 2 unspecified atom stereocenters. The third kappa shape index (κ3) is 2.62. The maximum absolute atomic E-state index is 12.8. The number of methoxy groups -OCH3 is 1. The molecule has 3 fully saturated rings. The predicted octanol–water partition coefficient (Wildman–Crippen LogP) is 1.96. The summed E-state index contributed by atoms with van der Waals surface area (Å²) in [6.07, 6.45) is 4.68. The van der Waals surface area contributed by atoms with Crippen LogP contribution in [0, 0.1) is 5.92 Å². The summed E-state index contributed by atoms with van der Waals surface area (Å²) in [7, 11) is 1.65. The van der Waals surface area contributed by atoms with Gasteiger partial charge in [0.2, 0.25) is 5.91 Å². The van der Waals surface area contributed by atoms with Gasteiger partial charge in [-0.25, -0.2) is 0 Å². The van der Waals surface area contributed by atoms with Crippen molar-refractivity contribution in [3.05, 3.63) is 24.3 Å². The number of para-hydroxylation sites is 2. The van der Waals surface area contributed by atoms with Gasteiger partial charge in [-0.2, -0.15) is 0 Å². The van der Waals surface area contributed by atoms with Crippen LogP contribution in [0.25, 0.3) is 0 Å². The van der Waals surface area contributed by atoms with E-state index in [1.165, 1.54) is 6.42 Å². The monoisotopic (exact) mass is 316 g/mol. The number of rotatable bonds is 4. The zero-order valence-corrected chi connectivity index (χ0v) is 13.5. The molecule has 1 aliphatic carbocycles. The average molecular weight is 316 g/mol. The normalized spacial score (nSPS) is 33.3. The largest absolute Gasteiger partial charge is 0.495 e. The van der Waals surface area contributed by atoms with Gasteiger partial charge in [-0.3, -0.25) is 4.79 Å². The Bertz CT molecular complexity index is 591. The van der Waals surface area contributed by atoms with Gasteiger partial charge in [0, 0.05) is 25.1 Å². The summed E-state index contributed by atoms with van der Waals surface area (Å²) in [4.78, 5) is 14.6. The van der Waals surface area contributed by atoms with E-state index >= 15 is 0 Å². The molecule has 0 spiro atoms. The zero-order valence-electron chi connectivity index (χ0n) is 13.5. The molecular weight excluding hydrogens is 292 g/mol. The second kappa shape index (κ2) is 6.13. The number of carbonyl (C=O) groups excluding carboxylic acids is 1. The number of benzene rings is 1. The van der Waals surface area contributed by atoms with Crippen molar-refractivity contribution in [2.75, 3.05) is 25.2 Å². The smallest absolute Gasteiger partial charge is 0.244 e. The fourth-order valence-corrected chi connectivity index (χ4v) is 4.17. The van der Waals surface area contributed by atoms with Gasteiger partial charge in [-0.05, 0) is 37.8 Å². The Hall–Kier alpha value is -1.59. The maximum Gasteiger partial charge on any atom is 0.244 e. The van der Waals surface area contributed by atoms with Crippen LogP contribution >= 0.6 is 0 Å². The molecule has 0 radical (unpaired) electrons. The Morgan fingerprint density at radius 1 is 1.30 bits per heavy atom. The van der Waals surface area contributed by atoms with Crippen LogP contribution in [0.1, 0.15) is 25.7 Å². The lowest BCUT2D eigenvalue weighted by molar-refractivity contribution is -0.123. The molecule has 2 heterocycles. The molecule has 5 nitrogen and oxygen atoms in total. The van der Waals surface area contributed by atoms with E-state index in [1.54, 1.807) is 7.11 Å². The number of hydrogen-bond donors (Lipinski definition) is 1. The van der Waals surface area contributed by atoms with Crippen LogP contribution in [-0.4, -0.2) is 44.4 Å². The van der Waals surface area contributed by atoms with Crippen LogP contribution in [0.2, 0.25) is 0 Å². The summed E-state index contributed by atoms with van der Waals surface area (Å²) >= 11 is 0. The van der Waals surface area contributed by atoms with E-state index < -0.39 is 0 Å². The van der Waals surface area contributed by atoms with Gasteiger partial charge < -0.3 is 19.7 Å². The molecule has 1 saturated carbocycles. The number of fused-ring (bicyclic) bond motifs is 1. The van der Waals surface area contributed by atoms with Crippen molar-refractivity contribution in [2.45, 2.75) is 43.9 Å². The number of nitrogens with one attached hydrogen (secondary N) is 1. The van der Waals surface area contributed by atoms with Crippen molar-refractivity contribution in [1.29, 1.82) is 0 Å². The van der Waals surface area contributed by atoms with Crippen molar-refractivity contribution < 1.29 is 14.3 Å². The van der Waals surface area contributed by atoms with Gasteiger partial charge in [-0.15, -0.1) is 0 Å². The quantitative estimate of drug-likeness (QED) is 0.922. The number of ether oxygens (including phenoxy) is 2. The third-order valence-electron chi connectivity index (χ3n) is 5.49. The minimum absolute atomic E-state index is 0.0761. The summed E-state index contributed by atoms with van der Waals surface area (Å²) in [6, 6.07) is 8.09. The van der Waals surface area contributed by atoms with Crippen LogP contribution in [0.5, 0.6) is 5.75 Å². The van der Waals surface area contributed by atoms with E-state index in [-0.39, 0.29) is 11.9 Å². The highest BCUT2D eigenvalue weighted by Crippen LogP contribution is 2.39. The third-order valence-corrected chi connectivity index (χ3v) is 5.49. The Balaban J connectivity index is 1.42. The van der Waals surface area contributed by atoms with Crippen molar-refractivity contribution >= 4 is 11.6 Å². The lowest BCUT2D eigenvalue weighted by Crippen LogP contribution is -2.59.